The van der Waals surface area contributed by atoms with Gasteiger partial charge in [-0.2, -0.15) is 0 Å². The van der Waals surface area contributed by atoms with Crippen LogP contribution in [0.5, 0.6) is 0 Å². The third kappa shape index (κ3) is 3.16. The summed E-state index contributed by atoms with van der Waals surface area (Å²) in [4.78, 5) is 14.9. The van der Waals surface area contributed by atoms with E-state index in [0.29, 0.717) is 6.54 Å². The fourth-order valence-corrected chi connectivity index (χ4v) is 4.03. The maximum atomic E-state index is 13.0. The van der Waals surface area contributed by atoms with Crippen LogP contribution in [0, 0.1) is 0 Å². The van der Waals surface area contributed by atoms with Gasteiger partial charge in [-0.25, -0.2) is 4.79 Å². The van der Waals surface area contributed by atoms with Crippen molar-refractivity contribution in [1.82, 2.24) is 4.90 Å². The fraction of sp³-hybridized carbons (Fsp3) is 0.381. The lowest BCUT2D eigenvalue weighted by Gasteiger charge is -2.40. The van der Waals surface area contributed by atoms with Gasteiger partial charge in [0.25, 0.3) is 0 Å². The van der Waals surface area contributed by atoms with Gasteiger partial charge in [0.05, 0.1) is 0 Å². The van der Waals surface area contributed by atoms with Gasteiger partial charge in [0.2, 0.25) is 0 Å². The summed E-state index contributed by atoms with van der Waals surface area (Å²) in [6.45, 7) is 9.49. The summed E-state index contributed by atoms with van der Waals surface area (Å²) in [7, 11) is 0. The Hall–Kier alpha value is -2.29. The van der Waals surface area contributed by atoms with Crippen LogP contribution in [0.3, 0.4) is 0 Å². The van der Waals surface area contributed by atoms with E-state index in [1.165, 1.54) is 11.1 Å². The van der Waals surface area contributed by atoms with Gasteiger partial charge in [-0.05, 0) is 48.9 Å². The number of rotatable bonds is 1. The van der Waals surface area contributed by atoms with Crippen molar-refractivity contribution in [3.05, 3.63) is 65.7 Å². The first kappa shape index (κ1) is 16.6. The summed E-state index contributed by atoms with van der Waals surface area (Å²) < 4.78 is 0. The Morgan fingerprint density at radius 1 is 0.958 bits per heavy atom. The highest BCUT2D eigenvalue weighted by molar-refractivity contribution is 5.89. The van der Waals surface area contributed by atoms with Gasteiger partial charge >= 0.3 is 6.03 Å². The summed E-state index contributed by atoms with van der Waals surface area (Å²) in [6.07, 6.45) is 0.916. The first-order valence-electron chi connectivity index (χ1n) is 8.52. The Morgan fingerprint density at radius 3 is 2.29 bits per heavy atom. The predicted octanol–water partition coefficient (Wildman–Crippen LogP) is 5.18. The summed E-state index contributed by atoms with van der Waals surface area (Å²) >= 11 is 0. The van der Waals surface area contributed by atoms with E-state index in [2.05, 4.69) is 57.3 Å². The smallest absolute Gasteiger partial charge is 0.315 e. The molecule has 126 valence electrons. The average molecular weight is 322 g/mol. The van der Waals surface area contributed by atoms with E-state index < -0.39 is 0 Å². The molecule has 2 amide bonds. The molecule has 0 aromatic heterocycles. The lowest BCUT2D eigenvalue weighted by atomic mass is 9.75. The molecule has 0 saturated heterocycles. The number of carbonyl (C=O) groups is 1. The van der Waals surface area contributed by atoms with Crippen molar-refractivity contribution in [1.29, 1.82) is 0 Å². The number of hydrogen-bond donors (Lipinski definition) is 1. The Kier molecular flexibility index (Phi) is 4.12. The van der Waals surface area contributed by atoms with Crippen molar-refractivity contribution in [2.45, 2.75) is 51.6 Å². The van der Waals surface area contributed by atoms with Crippen LogP contribution in [-0.4, -0.2) is 16.5 Å². The molecular formula is C21H26N2O. The zero-order valence-corrected chi connectivity index (χ0v) is 15.0. The maximum Gasteiger partial charge on any atom is 0.322 e. The molecule has 3 nitrogen and oxygen atoms in total. The number of amides is 2. The number of benzene rings is 2. The second kappa shape index (κ2) is 5.97. The minimum Gasteiger partial charge on any atom is -0.315 e. The summed E-state index contributed by atoms with van der Waals surface area (Å²) in [5.74, 6) is 0. The summed E-state index contributed by atoms with van der Waals surface area (Å²) in [5.41, 5.74) is 3.20. The van der Waals surface area contributed by atoms with Gasteiger partial charge in [0.1, 0.15) is 0 Å². The average Bonchev–Trinajstić information content (AvgIpc) is 2.60. The largest absolute Gasteiger partial charge is 0.322 e. The molecule has 1 aliphatic rings. The highest BCUT2D eigenvalue weighted by atomic mass is 16.2. The molecule has 3 rings (SSSR count). The number of hydrogen-bond acceptors (Lipinski definition) is 1. The molecule has 0 bridgehead atoms. The number of anilines is 1. The number of fused-ring (bicyclic) bond motifs is 1. The minimum atomic E-state index is -0.235. The quantitative estimate of drug-likeness (QED) is 0.771. The zero-order chi connectivity index (χ0) is 17.4. The monoisotopic (exact) mass is 322 g/mol. The molecule has 1 heterocycles. The van der Waals surface area contributed by atoms with Crippen LogP contribution in [0.25, 0.3) is 0 Å². The van der Waals surface area contributed by atoms with Crippen LogP contribution in [0.2, 0.25) is 0 Å². The Bertz CT molecular complexity index is 735. The molecule has 3 heteroatoms. The molecule has 0 atom stereocenters. The molecular weight excluding hydrogens is 296 g/mol. The van der Waals surface area contributed by atoms with Crippen molar-refractivity contribution in [3.8, 4) is 0 Å². The summed E-state index contributed by atoms with van der Waals surface area (Å²) in [5, 5.41) is 3.04. The Labute approximate surface area is 144 Å². The molecule has 0 radical (unpaired) electrons. The molecule has 0 aliphatic carbocycles. The lowest BCUT2D eigenvalue weighted by Crippen LogP contribution is -2.49. The molecule has 0 unspecified atom stereocenters. The van der Waals surface area contributed by atoms with E-state index in [9.17, 15) is 4.79 Å². The van der Waals surface area contributed by atoms with Crippen molar-refractivity contribution >= 4 is 11.7 Å². The van der Waals surface area contributed by atoms with Gasteiger partial charge in [-0.3, -0.25) is 0 Å². The van der Waals surface area contributed by atoms with Gasteiger partial charge in [0.15, 0.2) is 0 Å². The van der Waals surface area contributed by atoms with E-state index in [-0.39, 0.29) is 17.0 Å². The normalized spacial score (nSPS) is 18.4. The van der Waals surface area contributed by atoms with Crippen LogP contribution < -0.4 is 5.32 Å². The number of urea groups is 1. The molecule has 0 saturated carbocycles. The molecule has 0 spiro atoms. The van der Waals surface area contributed by atoms with Gasteiger partial charge < -0.3 is 10.2 Å². The van der Waals surface area contributed by atoms with Crippen LogP contribution in [0.4, 0.5) is 10.5 Å². The number of nitrogens with zero attached hydrogens (tertiary/aromatic N) is 1. The van der Waals surface area contributed by atoms with Crippen molar-refractivity contribution in [3.63, 3.8) is 0 Å². The maximum absolute atomic E-state index is 13.0. The topological polar surface area (TPSA) is 32.3 Å². The first-order valence-corrected chi connectivity index (χ1v) is 8.52. The van der Waals surface area contributed by atoms with Gasteiger partial charge in [0, 0.05) is 17.8 Å². The molecule has 2 aromatic carbocycles. The first-order chi connectivity index (χ1) is 11.3. The molecule has 2 aromatic rings. The molecule has 1 N–H and O–H groups in total. The van der Waals surface area contributed by atoms with Crippen LogP contribution in [0.1, 0.15) is 45.2 Å². The second-order valence-electron chi connectivity index (χ2n) is 7.91. The Morgan fingerprint density at radius 2 is 1.58 bits per heavy atom. The van der Waals surface area contributed by atoms with Crippen molar-refractivity contribution in [2.75, 3.05) is 5.32 Å². The van der Waals surface area contributed by atoms with E-state index in [0.717, 1.165) is 12.1 Å². The highest BCUT2D eigenvalue weighted by Gasteiger charge is 2.41. The van der Waals surface area contributed by atoms with Crippen LogP contribution >= 0.6 is 0 Å². The van der Waals surface area contributed by atoms with Gasteiger partial charge in [-0.1, -0.05) is 56.3 Å². The van der Waals surface area contributed by atoms with E-state index in [1.54, 1.807) is 0 Å². The molecule has 0 fully saturated rings. The number of nitrogens with one attached hydrogen (secondary N) is 1. The summed E-state index contributed by atoms with van der Waals surface area (Å²) in [6, 6.07) is 18.1. The SMILES string of the molecule is CC1(C)CC(C)(C)N(C(=O)Nc2ccccc2)Cc2ccccc21. The fourth-order valence-electron chi connectivity index (χ4n) is 4.03. The van der Waals surface area contributed by atoms with E-state index >= 15 is 0 Å². The number of para-hydroxylation sites is 1. The standard InChI is InChI=1S/C21H26N2O/c1-20(2)15-21(3,4)23(14-16-10-8-9-13-18(16)20)19(24)22-17-11-6-5-7-12-17/h5-13H,14-15H2,1-4H3,(H,22,24). The second-order valence-corrected chi connectivity index (χ2v) is 7.91. The minimum absolute atomic E-state index is 0.0296. The third-order valence-corrected chi connectivity index (χ3v) is 4.95. The van der Waals surface area contributed by atoms with Gasteiger partial charge in [-0.15, -0.1) is 0 Å². The third-order valence-electron chi connectivity index (χ3n) is 4.95. The molecule has 24 heavy (non-hydrogen) atoms. The van der Waals surface area contributed by atoms with Crippen molar-refractivity contribution in [2.24, 2.45) is 0 Å². The van der Waals surface area contributed by atoms with Crippen LogP contribution in [-0.2, 0) is 12.0 Å². The van der Waals surface area contributed by atoms with E-state index in [4.69, 9.17) is 0 Å². The molecule has 1 aliphatic heterocycles. The lowest BCUT2D eigenvalue weighted by molar-refractivity contribution is 0.124. The number of carbonyl (C=O) groups excluding carboxylic acids is 1. The van der Waals surface area contributed by atoms with Crippen molar-refractivity contribution < 1.29 is 4.79 Å². The zero-order valence-electron chi connectivity index (χ0n) is 15.0. The van der Waals surface area contributed by atoms with E-state index in [1.807, 2.05) is 35.2 Å². The Balaban J connectivity index is 1.94. The highest BCUT2D eigenvalue weighted by Crippen LogP contribution is 2.41. The predicted molar refractivity (Wildman–Crippen MR) is 99.2 cm³/mol. The van der Waals surface area contributed by atoms with Crippen LogP contribution in [0.15, 0.2) is 54.6 Å².